The minimum atomic E-state index is -3.85. The Morgan fingerprint density at radius 3 is 2.40 bits per heavy atom. The molecule has 2 aromatic rings. The van der Waals surface area contributed by atoms with Crippen LogP contribution >= 0.6 is 23.2 Å². The topological polar surface area (TPSA) is 73.2 Å². The molecule has 2 aromatic carbocycles. The van der Waals surface area contributed by atoms with Gasteiger partial charge in [-0.2, -0.15) is 5.26 Å². The van der Waals surface area contributed by atoms with Crippen LogP contribution in [0.25, 0.3) is 5.57 Å². The van der Waals surface area contributed by atoms with E-state index in [0.717, 1.165) is 0 Å². The molecule has 0 atom stereocenters. The molecule has 0 aliphatic rings. The third kappa shape index (κ3) is 4.67. The summed E-state index contributed by atoms with van der Waals surface area (Å²) in [5.41, 5.74) is 1.16. The first-order valence-electron chi connectivity index (χ1n) is 7.10. The molecule has 2 rings (SSSR count). The minimum Gasteiger partial charge on any atom is -0.382 e. The average Bonchev–Trinajstić information content (AvgIpc) is 2.53. The summed E-state index contributed by atoms with van der Waals surface area (Å²) in [4.78, 5) is 1.70. The average molecular weight is 396 g/mol. The molecule has 5 nitrogen and oxygen atoms in total. The maximum atomic E-state index is 12.4. The van der Waals surface area contributed by atoms with Crippen molar-refractivity contribution in [2.24, 2.45) is 0 Å². The first-order chi connectivity index (χ1) is 11.7. The highest BCUT2D eigenvalue weighted by atomic mass is 35.5. The van der Waals surface area contributed by atoms with Gasteiger partial charge in [0, 0.05) is 25.9 Å². The van der Waals surface area contributed by atoms with Gasteiger partial charge in [0.1, 0.15) is 11.0 Å². The van der Waals surface area contributed by atoms with Crippen molar-refractivity contribution in [2.75, 3.05) is 18.8 Å². The first-order valence-corrected chi connectivity index (χ1v) is 9.34. The number of halogens is 2. The Labute approximate surface area is 157 Å². The lowest BCUT2D eigenvalue weighted by Gasteiger charge is -2.12. The molecule has 8 heteroatoms. The second-order valence-corrected chi connectivity index (χ2v) is 7.81. The van der Waals surface area contributed by atoms with Crippen LogP contribution in [-0.2, 0) is 10.0 Å². The van der Waals surface area contributed by atoms with E-state index in [1.807, 2.05) is 0 Å². The Bertz CT molecular complexity index is 964. The number of benzene rings is 2. The lowest BCUT2D eigenvalue weighted by atomic mass is 10.1. The molecule has 0 saturated heterocycles. The zero-order valence-electron chi connectivity index (χ0n) is 13.5. The fourth-order valence-electron chi connectivity index (χ4n) is 2.09. The zero-order chi connectivity index (χ0) is 18.6. The van der Waals surface area contributed by atoms with Crippen molar-refractivity contribution in [3.63, 3.8) is 0 Å². The first kappa shape index (κ1) is 19.1. The Morgan fingerprint density at radius 2 is 1.84 bits per heavy atom. The van der Waals surface area contributed by atoms with Crippen molar-refractivity contribution in [1.82, 2.24) is 4.90 Å². The van der Waals surface area contributed by atoms with E-state index in [1.165, 1.54) is 24.3 Å². The van der Waals surface area contributed by atoms with Gasteiger partial charge in [-0.15, -0.1) is 0 Å². The van der Waals surface area contributed by atoms with Gasteiger partial charge >= 0.3 is 0 Å². The molecule has 0 radical (unpaired) electrons. The number of nitrogens with zero attached hydrogens (tertiary/aromatic N) is 2. The molecule has 0 saturated carbocycles. The maximum absolute atomic E-state index is 12.4. The van der Waals surface area contributed by atoms with Gasteiger partial charge in [0.05, 0.1) is 21.3 Å². The fourth-order valence-corrected chi connectivity index (χ4v) is 3.94. The second kappa shape index (κ2) is 7.79. The number of allylic oxidation sites excluding steroid dienone is 1. The zero-order valence-corrected chi connectivity index (χ0v) is 15.8. The van der Waals surface area contributed by atoms with Gasteiger partial charge in [0.2, 0.25) is 0 Å². The summed E-state index contributed by atoms with van der Waals surface area (Å²) in [6.07, 6.45) is 1.63. The number of rotatable bonds is 5. The summed E-state index contributed by atoms with van der Waals surface area (Å²) in [7, 11) is -0.269. The second-order valence-electron chi connectivity index (χ2n) is 5.35. The van der Waals surface area contributed by atoms with Crippen LogP contribution in [0.15, 0.2) is 53.6 Å². The molecule has 0 amide bonds. The van der Waals surface area contributed by atoms with E-state index in [4.69, 9.17) is 23.2 Å². The van der Waals surface area contributed by atoms with Crippen molar-refractivity contribution >= 4 is 44.5 Å². The molecular formula is C17H15Cl2N3O2S. The molecule has 0 aromatic heterocycles. The van der Waals surface area contributed by atoms with Crippen molar-refractivity contribution in [1.29, 1.82) is 5.26 Å². The van der Waals surface area contributed by atoms with Crippen molar-refractivity contribution < 1.29 is 8.42 Å². The Kier molecular flexibility index (Phi) is 5.96. The lowest BCUT2D eigenvalue weighted by Crippen LogP contribution is -2.13. The maximum Gasteiger partial charge on any atom is 0.263 e. The molecule has 1 N–H and O–H groups in total. The molecule has 130 valence electrons. The van der Waals surface area contributed by atoms with Crippen molar-refractivity contribution in [3.8, 4) is 6.07 Å². The molecule has 0 fully saturated rings. The molecule has 0 heterocycles. The van der Waals surface area contributed by atoms with Crippen LogP contribution in [0.3, 0.4) is 0 Å². The highest BCUT2D eigenvalue weighted by Crippen LogP contribution is 2.29. The van der Waals surface area contributed by atoms with Crippen LogP contribution in [0, 0.1) is 11.3 Å². The standard InChI is InChI=1S/C17H15Cl2N3O2S/c1-22(2)11-12(10-20)14-8-7-13(9-16(14)19)21-25(23,24)17-6-4-3-5-15(17)18/h3-9,11,21H,1-2H3/b12-11+. The van der Waals surface area contributed by atoms with Gasteiger partial charge in [0.25, 0.3) is 10.0 Å². The van der Waals surface area contributed by atoms with E-state index in [0.29, 0.717) is 11.1 Å². The van der Waals surface area contributed by atoms with E-state index < -0.39 is 10.0 Å². The largest absolute Gasteiger partial charge is 0.382 e. The van der Waals surface area contributed by atoms with Gasteiger partial charge in [-0.1, -0.05) is 41.4 Å². The summed E-state index contributed by atoms with van der Waals surface area (Å²) >= 11 is 12.2. The molecule has 0 aliphatic carbocycles. The minimum absolute atomic E-state index is 0.0258. The molecule has 25 heavy (non-hydrogen) atoms. The number of anilines is 1. The van der Waals surface area contributed by atoms with Crippen LogP contribution < -0.4 is 4.72 Å². The van der Waals surface area contributed by atoms with E-state index >= 15 is 0 Å². The lowest BCUT2D eigenvalue weighted by molar-refractivity contribution is 0.566. The summed E-state index contributed by atoms with van der Waals surface area (Å²) in [5.74, 6) is 0. The number of nitrogens with one attached hydrogen (secondary N) is 1. The predicted molar refractivity (Wildman–Crippen MR) is 101 cm³/mol. The third-order valence-corrected chi connectivity index (χ3v) is 5.34. The Balaban J connectivity index is 2.36. The molecule has 0 spiro atoms. The van der Waals surface area contributed by atoms with Crippen molar-refractivity contribution in [2.45, 2.75) is 4.90 Å². The van der Waals surface area contributed by atoms with Gasteiger partial charge in [-0.05, 0) is 24.3 Å². The molecular weight excluding hydrogens is 381 g/mol. The molecule has 0 unspecified atom stereocenters. The van der Waals surface area contributed by atoms with Crippen LogP contribution in [0.5, 0.6) is 0 Å². The quantitative estimate of drug-likeness (QED) is 0.768. The highest BCUT2D eigenvalue weighted by Gasteiger charge is 2.18. The van der Waals surface area contributed by atoms with E-state index in [1.54, 1.807) is 43.4 Å². The predicted octanol–water partition coefficient (Wildman–Crippen LogP) is 4.22. The highest BCUT2D eigenvalue weighted by molar-refractivity contribution is 7.92. The third-order valence-electron chi connectivity index (χ3n) is 3.15. The van der Waals surface area contributed by atoms with Crippen LogP contribution in [0.2, 0.25) is 10.0 Å². The smallest absolute Gasteiger partial charge is 0.263 e. The van der Waals surface area contributed by atoms with Gasteiger partial charge < -0.3 is 4.90 Å². The summed E-state index contributed by atoms with van der Waals surface area (Å²) in [6, 6.07) is 12.8. The van der Waals surface area contributed by atoms with Crippen LogP contribution in [0.1, 0.15) is 5.56 Å². The summed E-state index contributed by atoms with van der Waals surface area (Å²) in [6.45, 7) is 0. The number of nitriles is 1. The SMILES string of the molecule is CN(C)/C=C(\C#N)c1ccc(NS(=O)(=O)c2ccccc2Cl)cc1Cl. The van der Waals surface area contributed by atoms with E-state index in [9.17, 15) is 13.7 Å². The van der Waals surface area contributed by atoms with Gasteiger partial charge in [-0.3, -0.25) is 4.72 Å². The molecule has 0 aliphatic heterocycles. The summed E-state index contributed by atoms with van der Waals surface area (Å²) < 4.78 is 27.3. The fraction of sp³-hybridized carbons (Fsp3) is 0.118. The normalized spacial score (nSPS) is 11.7. The number of hydrogen-bond acceptors (Lipinski definition) is 4. The van der Waals surface area contributed by atoms with E-state index in [-0.39, 0.29) is 20.6 Å². The van der Waals surface area contributed by atoms with E-state index in [2.05, 4.69) is 10.8 Å². The Morgan fingerprint density at radius 1 is 1.16 bits per heavy atom. The van der Waals surface area contributed by atoms with Crippen LogP contribution in [0.4, 0.5) is 5.69 Å². The van der Waals surface area contributed by atoms with Gasteiger partial charge in [0.15, 0.2) is 0 Å². The monoisotopic (exact) mass is 395 g/mol. The number of hydrogen-bond donors (Lipinski definition) is 1. The van der Waals surface area contributed by atoms with Gasteiger partial charge in [-0.25, -0.2) is 8.42 Å². The number of sulfonamides is 1. The van der Waals surface area contributed by atoms with Crippen molar-refractivity contribution in [3.05, 3.63) is 64.3 Å². The Hall–Kier alpha value is -2.20. The summed E-state index contributed by atoms with van der Waals surface area (Å²) in [5, 5.41) is 9.64. The molecule has 0 bridgehead atoms. The van der Waals surface area contributed by atoms with Crippen LogP contribution in [-0.4, -0.2) is 27.4 Å².